The number of hydrogen-bond acceptors (Lipinski definition) is 3. The van der Waals surface area contributed by atoms with Crippen molar-refractivity contribution in [3.63, 3.8) is 0 Å². The summed E-state index contributed by atoms with van der Waals surface area (Å²) < 4.78 is 7.53. The van der Waals surface area contributed by atoms with Crippen molar-refractivity contribution in [1.29, 1.82) is 0 Å². The highest BCUT2D eigenvalue weighted by Crippen LogP contribution is 2.31. The van der Waals surface area contributed by atoms with Gasteiger partial charge in [0.15, 0.2) is 0 Å². The van der Waals surface area contributed by atoms with Gasteiger partial charge in [-0.1, -0.05) is 29.8 Å². The van der Waals surface area contributed by atoms with E-state index in [4.69, 9.17) is 16.3 Å². The first-order valence-corrected chi connectivity index (χ1v) is 7.04. The zero-order valence-corrected chi connectivity index (χ0v) is 12.3. The van der Waals surface area contributed by atoms with Gasteiger partial charge in [-0.05, 0) is 18.6 Å². The SMILES string of the molecule is Cc1nn(C)c(CC(O)C2Cc3ccccc3O2)c1Cl. The molecule has 0 saturated heterocycles. The second-order valence-electron chi connectivity index (χ2n) is 5.21. The van der Waals surface area contributed by atoms with Gasteiger partial charge in [0.2, 0.25) is 0 Å². The Labute approximate surface area is 122 Å². The summed E-state index contributed by atoms with van der Waals surface area (Å²) in [5.41, 5.74) is 2.77. The monoisotopic (exact) mass is 292 g/mol. The highest BCUT2D eigenvalue weighted by Gasteiger charge is 2.30. The standard InChI is InChI=1S/C15H17ClN2O2/c1-9-15(16)11(18(2)17-9)8-12(19)14-7-10-5-3-4-6-13(10)20-14/h3-6,12,14,19H,7-8H2,1-2H3. The second kappa shape index (κ2) is 5.11. The molecule has 4 nitrogen and oxygen atoms in total. The second-order valence-corrected chi connectivity index (χ2v) is 5.59. The van der Waals surface area contributed by atoms with Crippen LogP contribution in [-0.2, 0) is 19.9 Å². The number of aromatic nitrogens is 2. The van der Waals surface area contributed by atoms with Crippen LogP contribution in [0.25, 0.3) is 0 Å². The number of aliphatic hydroxyl groups excluding tert-OH is 1. The van der Waals surface area contributed by atoms with Crippen molar-refractivity contribution in [3.8, 4) is 5.75 Å². The molecule has 1 aliphatic rings. The molecule has 0 spiro atoms. The topological polar surface area (TPSA) is 47.3 Å². The quantitative estimate of drug-likeness (QED) is 0.944. The number of nitrogens with zero attached hydrogens (tertiary/aromatic N) is 2. The maximum Gasteiger partial charge on any atom is 0.129 e. The Morgan fingerprint density at radius 1 is 1.50 bits per heavy atom. The highest BCUT2D eigenvalue weighted by molar-refractivity contribution is 6.31. The number of aliphatic hydroxyl groups is 1. The largest absolute Gasteiger partial charge is 0.487 e. The molecule has 1 aromatic heterocycles. The van der Waals surface area contributed by atoms with E-state index in [0.29, 0.717) is 11.4 Å². The molecule has 1 aromatic carbocycles. The fourth-order valence-corrected chi connectivity index (χ4v) is 2.89. The van der Waals surface area contributed by atoms with Crippen LogP contribution in [0.2, 0.25) is 5.02 Å². The Hall–Kier alpha value is -1.52. The summed E-state index contributed by atoms with van der Waals surface area (Å²) in [6, 6.07) is 7.89. The molecule has 20 heavy (non-hydrogen) atoms. The molecule has 0 aliphatic carbocycles. The first-order valence-electron chi connectivity index (χ1n) is 6.67. The molecule has 2 unspecified atom stereocenters. The van der Waals surface area contributed by atoms with Gasteiger partial charge in [0.25, 0.3) is 0 Å². The number of benzene rings is 1. The predicted octanol–water partition coefficient (Wildman–Crippen LogP) is 2.29. The van der Waals surface area contributed by atoms with Crippen LogP contribution in [-0.4, -0.2) is 27.1 Å². The summed E-state index contributed by atoms with van der Waals surface area (Å²) in [5, 5.41) is 15.3. The number of para-hydroxylation sites is 1. The summed E-state index contributed by atoms with van der Waals surface area (Å²) in [4.78, 5) is 0. The van der Waals surface area contributed by atoms with Crippen LogP contribution in [0.15, 0.2) is 24.3 Å². The normalized spacial score (nSPS) is 18.7. The average Bonchev–Trinajstić information content (AvgIpc) is 2.95. The number of rotatable bonds is 3. The third-order valence-electron chi connectivity index (χ3n) is 3.77. The van der Waals surface area contributed by atoms with E-state index in [1.54, 1.807) is 4.68 Å². The predicted molar refractivity (Wildman–Crippen MR) is 77.2 cm³/mol. The number of fused-ring (bicyclic) bond motifs is 1. The molecule has 2 atom stereocenters. The summed E-state index contributed by atoms with van der Waals surface area (Å²) in [5.74, 6) is 0.865. The van der Waals surface area contributed by atoms with Gasteiger partial charge >= 0.3 is 0 Å². The van der Waals surface area contributed by atoms with Crippen LogP contribution in [0, 0.1) is 6.92 Å². The fourth-order valence-electron chi connectivity index (χ4n) is 2.65. The van der Waals surface area contributed by atoms with Gasteiger partial charge in [-0.15, -0.1) is 0 Å². The Kier molecular flexibility index (Phi) is 3.44. The van der Waals surface area contributed by atoms with E-state index in [2.05, 4.69) is 5.10 Å². The van der Waals surface area contributed by atoms with Crippen molar-refractivity contribution >= 4 is 11.6 Å². The van der Waals surface area contributed by atoms with Crippen molar-refractivity contribution in [3.05, 3.63) is 46.2 Å². The van der Waals surface area contributed by atoms with Crippen molar-refractivity contribution in [2.45, 2.75) is 32.0 Å². The van der Waals surface area contributed by atoms with Crippen molar-refractivity contribution in [2.24, 2.45) is 7.05 Å². The van der Waals surface area contributed by atoms with Crippen LogP contribution in [0.1, 0.15) is 17.0 Å². The van der Waals surface area contributed by atoms with E-state index in [-0.39, 0.29) is 6.10 Å². The Morgan fingerprint density at radius 3 is 2.90 bits per heavy atom. The number of hydrogen-bond donors (Lipinski definition) is 1. The molecule has 0 fully saturated rings. The van der Waals surface area contributed by atoms with E-state index < -0.39 is 6.10 Å². The van der Waals surface area contributed by atoms with Gasteiger partial charge in [-0.3, -0.25) is 4.68 Å². The van der Waals surface area contributed by atoms with Gasteiger partial charge < -0.3 is 9.84 Å². The van der Waals surface area contributed by atoms with E-state index in [9.17, 15) is 5.11 Å². The molecule has 1 N–H and O–H groups in total. The molecule has 5 heteroatoms. The van der Waals surface area contributed by atoms with Crippen LogP contribution >= 0.6 is 11.6 Å². The van der Waals surface area contributed by atoms with E-state index in [1.165, 1.54) is 0 Å². The minimum Gasteiger partial charge on any atom is -0.487 e. The molecule has 1 aliphatic heterocycles. The minimum absolute atomic E-state index is 0.223. The number of halogens is 1. The molecule has 0 radical (unpaired) electrons. The van der Waals surface area contributed by atoms with E-state index in [1.807, 2.05) is 38.2 Å². The van der Waals surface area contributed by atoms with Crippen LogP contribution < -0.4 is 4.74 Å². The maximum absolute atomic E-state index is 10.4. The number of aryl methyl sites for hydroxylation is 2. The van der Waals surface area contributed by atoms with E-state index >= 15 is 0 Å². The van der Waals surface area contributed by atoms with Gasteiger partial charge in [0.05, 0.1) is 22.5 Å². The lowest BCUT2D eigenvalue weighted by atomic mass is 10.0. The Balaban J connectivity index is 1.74. The first-order chi connectivity index (χ1) is 9.56. The first kappa shape index (κ1) is 13.5. The van der Waals surface area contributed by atoms with E-state index in [0.717, 1.165) is 29.1 Å². The van der Waals surface area contributed by atoms with Crippen molar-refractivity contribution in [1.82, 2.24) is 9.78 Å². The third kappa shape index (κ3) is 2.30. The maximum atomic E-state index is 10.4. The average molecular weight is 293 g/mol. The number of ether oxygens (including phenoxy) is 1. The zero-order valence-electron chi connectivity index (χ0n) is 11.5. The lowest BCUT2D eigenvalue weighted by molar-refractivity contribution is 0.0490. The van der Waals surface area contributed by atoms with Crippen LogP contribution in [0.5, 0.6) is 5.75 Å². The lowest BCUT2D eigenvalue weighted by Crippen LogP contribution is -2.32. The molecular weight excluding hydrogens is 276 g/mol. The third-order valence-corrected chi connectivity index (χ3v) is 4.26. The van der Waals surface area contributed by atoms with Gasteiger partial charge in [-0.2, -0.15) is 5.10 Å². The fraction of sp³-hybridized carbons (Fsp3) is 0.400. The Bertz CT molecular complexity index is 614. The molecule has 0 saturated carbocycles. The Morgan fingerprint density at radius 2 is 2.25 bits per heavy atom. The summed E-state index contributed by atoms with van der Waals surface area (Å²) in [6.45, 7) is 1.86. The van der Waals surface area contributed by atoms with Gasteiger partial charge in [-0.25, -0.2) is 0 Å². The minimum atomic E-state index is -0.602. The molecule has 0 amide bonds. The summed E-state index contributed by atoms with van der Waals surface area (Å²) >= 11 is 6.22. The smallest absolute Gasteiger partial charge is 0.129 e. The highest BCUT2D eigenvalue weighted by atomic mass is 35.5. The van der Waals surface area contributed by atoms with Gasteiger partial charge in [0, 0.05) is 19.9 Å². The molecule has 3 rings (SSSR count). The summed E-state index contributed by atoms with van der Waals surface area (Å²) in [7, 11) is 1.84. The lowest BCUT2D eigenvalue weighted by Gasteiger charge is -2.18. The molecule has 0 bridgehead atoms. The van der Waals surface area contributed by atoms with Crippen LogP contribution in [0.4, 0.5) is 0 Å². The molecule has 106 valence electrons. The van der Waals surface area contributed by atoms with Gasteiger partial charge in [0.1, 0.15) is 11.9 Å². The molecule has 2 heterocycles. The molecule has 2 aromatic rings. The van der Waals surface area contributed by atoms with Crippen molar-refractivity contribution in [2.75, 3.05) is 0 Å². The van der Waals surface area contributed by atoms with Crippen LogP contribution in [0.3, 0.4) is 0 Å². The zero-order chi connectivity index (χ0) is 14.3. The molecular formula is C15H17ClN2O2. The van der Waals surface area contributed by atoms with Crippen molar-refractivity contribution < 1.29 is 9.84 Å². The summed E-state index contributed by atoms with van der Waals surface area (Å²) in [6.07, 6.45) is 0.342.